The summed E-state index contributed by atoms with van der Waals surface area (Å²) in [6.45, 7) is 3.12. The number of rotatable bonds is 6. The summed E-state index contributed by atoms with van der Waals surface area (Å²) >= 11 is 6.64. The van der Waals surface area contributed by atoms with Crippen molar-refractivity contribution in [2.24, 2.45) is 5.41 Å². The monoisotopic (exact) mass is 344 g/mol. The van der Waals surface area contributed by atoms with Gasteiger partial charge in [0.25, 0.3) is 0 Å². The van der Waals surface area contributed by atoms with Crippen LogP contribution in [0.2, 0.25) is 0 Å². The van der Waals surface area contributed by atoms with Crippen LogP contribution in [0.25, 0.3) is 0 Å². The summed E-state index contributed by atoms with van der Waals surface area (Å²) in [5.41, 5.74) is -0.405. The van der Waals surface area contributed by atoms with E-state index in [0.717, 1.165) is 0 Å². The zero-order valence-electron chi connectivity index (χ0n) is 8.72. The van der Waals surface area contributed by atoms with Crippen LogP contribution in [-0.2, 0) is 19.1 Å². The fourth-order valence-electron chi connectivity index (χ4n) is 0.741. The van der Waals surface area contributed by atoms with Gasteiger partial charge < -0.3 is 9.47 Å². The van der Waals surface area contributed by atoms with Crippen molar-refractivity contribution in [2.75, 3.05) is 23.9 Å². The summed E-state index contributed by atoms with van der Waals surface area (Å²) in [4.78, 5) is 21.4. The van der Waals surface area contributed by atoms with Crippen molar-refractivity contribution in [3.63, 3.8) is 0 Å². The lowest BCUT2D eigenvalue weighted by Gasteiger charge is -2.28. The van der Waals surface area contributed by atoms with E-state index >= 15 is 0 Å². The summed E-state index contributed by atoms with van der Waals surface area (Å²) in [5, 5.41) is 1.15. The first kappa shape index (κ1) is 14.9. The fourth-order valence-corrected chi connectivity index (χ4v) is 2.32. The van der Waals surface area contributed by atoms with Gasteiger partial charge in [0, 0.05) is 24.5 Å². The molecule has 0 saturated heterocycles. The van der Waals surface area contributed by atoms with Crippen molar-refractivity contribution in [3.05, 3.63) is 0 Å². The summed E-state index contributed by atoms with van der Waals surface area (Å²) in [6.07, 6.45) is 0. The van der Waals surface area contributed by atoms with Gasteiger partial charge in [0.2, 0.25) is 0 Å². The Kier molecular flexibility index (Phi) is 7.17. The molecule has 0 aromatic carbocycles. The molecular formula is C9H14Br2O4. The first-order valence-electron chi connectivity index (χ1n) is 4.34. The standard InChI is InChI=1S/C9H14Br2O4/c1-7(12)14-5-9(3-10,4-11)6-15-8(2)13/h3-6H2,1-2H3. The Morgan fingerprint density at radius 3 is 1.53 bits per heavy atom. The molecule has 0 aromatic heterocycles. The Balaban J connectivity index is 4.29. The molecule has 0 aromatic rings. The highest BCUT2D eigenvalue weighted by Gasteiger charge is 2.31. The third kappa shape index (κ3) is 6.14. The number of carbonyl (C=O) groups is 2. The van der Waals surface area contributed by atoms with Crippen LogP contribution >= 0.6 is 31.9 Å². The Bertz CT molecular complexity index is 206. The van der Waals surface area contributed by atoms with Crippen molar-refractivity contribution >= 4 is 43.8 Å². The van der Waals surface area contributed by atoms with Crippen LogP contribution in [0.15, 0.2) is 0 Å². The molecule has 0 aliphatic heterocycles. The van der Waals surface area contributed by atoms with Crippen LogP contribution in [0.3, 0.4) is 0 Å². The van der Waals surface area contributed by atoms with Gasteiger partial charge in [-0.05, 0) is 0 Å². The minimum atomic E-state index is -0.405. The van der Waals surface area contributed by atoms with Gasteiger partial charge in [-0.15, -0.1) is 0 Å². The van der Waals surface area contributed by atoms with Crippen LogP contribution in [-0.4, -0.2) is 35.8 Å². The van der Waals surface area contributed by atoms with Crippen LogP contribution in [0.5, 0.6) is 0 Å². The normalized spacial score (nSPS) is 10.9. The lowest BCUT2D eigenvalue weighted by atomic mass is 9.96. The van der Waals surface area contributed by atoms with E-state index in [1.165, 1.54) is 13.8 Å². The molecule has 88 valence electrons. The molecule has 0 spiro atoms. The van der Waals surface area contributed by atoms with Crippen LogP contribution in [0.4, 0.5) is 0 Å². The molecule has 0 atom stereocenters. The molecule has 0 N–H and O–H groups in total. The molecule has 0 rings (SSSR count). The van der Waals surface area contributed by atoms with E-state index in [1.54, 1.807) is 0 Å². The summed E-state index contributed by atoms with van der Waals surface area (Å²) in [6, 6.07) is 0. The van der Waals surface area contributed by atoms with Crippen LogP contribution in [0, 0.1) is 5.41 Å². The third-order valence-corrected chi connectivity index (χ3v) is 4.11. The zero-order chi connectivity index (χ0) is 11.9. The fraction of sp³-hybridized carbons (Fsp3) is 0.778. The van der Waals surface area contributed by atoms with E-state index in [9.17, 15) is 9.59 Å². The molecule has 6 heteroatoms. The maximum Gasteiger partial charge on any atom is 0.302 e. The minimum absolute atomic E-state index is 0.214. The van der Waals surface area contributed by atoms with Gasteiger partial charge in [0.05, 0.1) is 5.41 Å². The molecule has 0 fully saturated rings. The van der Waals surface area contributed by atoms with Crippen LogP contribution in [0.1, 0.15) is 13.8 Å². The lowest BCUT2D eigenvalue weighted by Crippen LogP contribution is -2.37. The molecular weight excluding hydrogens is 332 g/mol. The van der Waals surface area contributed by atoms with E-state index in [1.807, 2.05) is 0 Å². The van der Waals surface area contributed by atoms with Crippen molar-refractivity contribution in [2.45, 2.75) is 13.8 Å². The Morgan fingerprint density at radius 1 is 1.00 bits per heavy atom. The van der Waals surface area contributed by atoms with E-state index in [-0.39, 0.29) is 25.2 Å². The van der Waals surface area contributed by atoms with Crippen molar-refractivity contribution in [1.82, 2.24) is 0 Å². The molecule has 0 unspecified atom stereocenters. The molecule has 0 saturated carbocycles. The molecule has 0 aliphatic carbocycles. The predicted octanol–water partition coefficient (Wildman–Crippen LogP) is 1.89. The van der Waals surface area contributed by atoms with Crippen LogP contribution < -0.4 is 0 Å². The van der Waals surface area contributed by atoms with Gasteiger partial charge >= 0.3 is 11.9 Å². The Hall–Kier alpha value is -0.100. The van der Waals surface area contributed by atoms with E-state index < -0.39 is 5.41 Å². The summed E-state index contributed by atoms with van der Waals surface area (Å²) < 4.78 is 9.86. The summed E-state index contributed by atoms with van der Waals surface area (Å²) in [5.74, 6) is -0.687. The van der Waals surface area contributed by atoms with E-state index in [2.05, 4.69) is 31.9 Å². The van der Waals surface area contributed by atoms with Gasteiger partial charge in [-0.25, -0.2) is 0 Å². The first-order valence-corrected chi connectivity index (χ1v) is 6.59. The highest BCUT2D eigenvalue weighted by molar-refractivity contribution is 9.09. The summed E-state index contributed by atoms with van der Waals surface area (Å²) in [7, 11) is 0. The third-order valence-electron chi connectivity index (χ3n) is 1.73. The second-order valence-corrected chi connectivity index (χ2v) is 4.45. The molecule has 0 amide bonds. The van der Waals surface area contributed by atoms with Crippen molar-refractivity contribution < 1.29 is 19.1 Å². The zero-order valence-corrected chi connectivity index (χ0v) is 11.9. The topological polar surface area (TPSA) is 52.6 Å². The number of carbonyl (C=O) groups excluding carboxylic acids is 2. The highest BCUT2D eigenvalue weighted by atomic mass is 79.9. The Labute approximate surface area is 106 Å². The predicted molar refractivity (Wildman–Crippen MR) is 63.3 cm³/mol. The maximum atomic E-state index is 10.7. The van der Waals surface area contributed by atoms with E-state index in [4.69, 9.17) is 9.47 Å². The number of hydrogen-bond donors (Lipinski definition) is 0. The number of hydrogen-bond acceptors (Lipinski definition) is 4. The average Bonchev–Trinajstić information content (AvgIpc) is 2.19. The van der Waals surface area contributed by atoms with Crippen molar-refractivity contribution in [1.29, 1.82) is 0 Å². The van der Waals surface area contributed by atoms with Crippen molar-refractivity contribution in [3.8, 4) is 0 Å². The molecule has 15 heavy (non-hydrogen) atoms. The Morgan fingerprint density at radius 2 is 1.33 bits per heavy atom. The SMILES string of the molecule is CC(=O)OCC(CBr)(CBr)COC(C)=O. The highest BCUT2D eigenvalue weighted by Crippen LogP contribution is 2.24. The number of alkyl halides is 2. The quantitative estimate of drug-likeness (QED) is 0.545. The minimum Gasteiger partial charge on any atom is -0.465 e. The number of ether oxygens (including phenoxy) is 2. The molecule has 0 bridgehead atoms. The molecule has 0 radical (unpaired) electrons. The van der Waals surface area contributed by atoms with Gasteiger partial charge in [-0.3, -0.25) is 9.59 Å². The lowest BCUT2D eigenvalue weighted by molar-refractivity contribution is -0.149. The second kappa shape index (κ2) is 7.22. The van der Waals surface area contributed by atoms with Gasteiger partial charge in [-0.1, -0.05) is 31.9 Å². The second-order valence-electron chi connectivity index (χ2n) is 3.33. The largest absolute Gasteiger partial charge is 0.465 e. The smallest absolute Gasteiger partial charge is 0.302 e. The maximum absolute atomic E-state index is 10.7. The number of esters is 2. The van der Waals surface area contributed by atoms with Gasteiger partial charge in [0.15, 0.2) is 0 Å². The van der Waals surface area contributed by atoms with Gasteiger partial charge in [0.1, 0.15) is 13.2 Å². The molecule has 0 heterocycles. The van der Waals surface area contributed by atoms with Gasteiger partial charge in [-0.2, -0.15) is 0 Å². The molecule has 0 aliphatic rings. The molecule has 4 nitrogen and oxygen atoms in total. The average molecular weight is 346 g/mol. The number of halogens is 2. The van der Waals surface area contributed by atoms with E-state index in [0.29, 0.717) is 10.7 Å². The first-order chi connectivity index (χ1) is 6.95.